The molecule has 0 radical (unpaired) electrons. The van der Waals surface area contributed by atoms with Gasteiger partial charge in [-0.1, -0.05) is 0 Å². The van der Waals surface area contributed by atoms with E-state index in [1.165, 1.54) is 0 Å². The Balaban J connectivity index is 2.99. The smallest absolute Gasteiger partial charge is 0.269 e. The Kier molecular flexibility index (Phi) is 5.47. The zero-order valence-electron chi connectivity index (χ0n) is 11.8. The molecular formula is C11H15F3N2O4S2. The van der Waals surface area contributed by atoms with Crippen molar-refractivity contribution < 1.29 is 30.0 Å². The SMILES string of the molecule is CS(=O)(=O)NCCN(c1ccc(C(F)(F)F)cc1)S(C)(=O)=O. The van der Waals surface area contributed by atoms with Crippen LogP contribution < -0.4 is 9.03 Å². The number of nitrogens with one attached hydrogen (secondary N) is 1. The van der Waals surface area contributed by atoms with Crippen LogP contribution in [0.3, 0.4) is 0 Å². The van der Waals surface area contributed by atoms with Crippen molar-refractivity contribution in [3.63, 3.8) is 0 Å². The molecule has 0 amide bonds. The molecule has 0 unspecified atom stereocenters. The van der Waals surface area contributed by atoms with Crippen LogP contribution in [0.1, 0.15) is 5.56 Å². The van der Waals surface area contributed by atoms with Gasteiger partial charge in [-0.2, -0.15) is 13.2 Å². The van der Waals surface area contributed by atoms with Crippen molar-refractivity contribution in [2.45, 2.75) is 6.18 Å². The molecule has 0 saturated carbocycles. The largest absolute Gasteiger partial charge is 0.416 e. The number of halogens is 3. The maximum atomic E-state index is 12.5. The number of hydrogen-bond donors (Lipinski definition) is 1. The van der Waals surface area contributed by atoms with Gasteiger partial charge in [-0.3, -0.25) is 4.31 Å². The molecule has 0 spiro atoms. The summed E-state index contributed by atoms with van der Waals surface area (Å²) in [6.45, 7) is -0.440. The van der Waals surface area contributed by atoms with Gasteiger partial charge >= 0.3 is 6.18 Å². The molecule has 0 heterocycles. The monoisotopic (exact) mass is 360 g/mol. The van der Waals surface area contributed by atoms with E-state index in [0.717, 1.165) is 41.1 Å². The van der Waals surface area contributed by atoms with Gasteiger partial charge in [-0.25, -0.2) is 21.6 Å². The van der Waals surface area contributed by atoms with Crippen molar-refractivity contribution in [1.29, 1.82) is 0 Å². The molecule has 0 bridgehead atoms. The molecule has 0 fully saturated rings. The van der Waals surface area contributed by atoms with Gasteiger partial charge in [-0.15, -0.1) is 0 Å². The first-order valence-corrected chi connectivity index (χ1v) is 9.64. The Hall–Kier alpha value is -1.33. The molecule has 22 heavy (non-hydrogen) atoms. The van der Waals surface area contributed by atoms with Crippen LogP contribution in [0.5, 0.6) is 0 Å². The molecule has 0 aliphatic rings. The quantitative estimate of drug-likeness (QED) is 0.821. The summed E-state index contributed by atoms with van der Waals surface area (Å²) < 4.78 is 85.7. The van der Waals surface area contributed by atoms with Crippen molar-refractivity contribution in [1.82, 2.24) is 4.72 Å². The van der Waals surface area contributed by atoms with Crippen LogP contribution in [-0.4, -0.2) is 42.4 Å². The van der Waals surface area contributed by atoms with E-state index in [9.17, 15) is 30.0 Å². The fourth-order valence-electron chi connectivity index (χ4n) is 1.64. The molecule has 6 nitrogen and oxygen atoms in total. The summed E-state index contributed by atoms with van der Waals surface area (Å²) in [6, 6.07) is 3.56. The van der Waals surface area contributed by atoms with Crippen molar-refractivity contribution in [3.8, 4) is 0 Å². The minimum Gasteiger partial charge on any atom is -0.269 e. The molecule has 1 aromatic carbocycles. The topological polar surface area (TPSA) is 83.6 Å². The molecule has 0 aliphatic heterocycles. The predicted octanol–water partition coefficient (Wildman–Crippen LogP) is 1.02. The fraction of sp³-hybridized carbons (Fsp3) is 0.455. The first kappa shape index (κ1) is 18.7. The average Bonchev–Trinajstić information content (AvgIpc) is 2.31. The van der Waals surface area contributed by atoms with Crippen LogP contribution in [0.4, 0.5) is 18.9 Å². The van der Waals surface area contributed by atoms with Crippen LogP contribution in [-0.2, 0) is 26.2 Å². The second-order valence-corrected chi connectivity index (χ2v) is 8.29. The molecule has 1 aromatic rings. The van der Waals surface area contributed by atoms with Crippen LogP contribution in [0.2, 0.25) is 0 Å². The molecule has 0 aliphatic carbocycles. The Morgan fingerprint density at radius 1 is 1.05 bits per heavy atom. The first-order valence-electron chi connectivity index (χ1n) is 5.90. The minimum absolute atomic E-state index is 0.0193. The number of alkyl halides is 3. The molecule has 0 aromatic heterocycles. The minimum atomic E-state index is -4.52. The van der Waals surface area contributed by atoms with Crippen molar-refractivity contribution >= 4 is 25.7 Å². The van der Waals surface area contributed by atoms with E-state index in [1.54, 1.807) is 0 Å². The maximum absolute atomic E-state index is 12.5. The van der Waals surface area contributed by atoms with Gasteiger partial charge in [0, 0.05) is 13.1 Å². The summed E-state index contributed by atoms with van der Waals surface area (Å²) in [4.78, 5) is 0. The number of nitrogens with zero attached hydrogens (tertiary/aromatic N) is 1. The number of rotatable bonds is 6. The molecule has 1 rings (SSSR count). The van der Waals surface area contributed by atoms with Gasteiger partial charge in [0.15, 0.2) is 0 Å². The highest BCUT2D eigenvalue weighted by Crippen LogP contribution is 2.30. The van der Waals surface area contributed by atoms with E-state index in [4.69, 9.17) is 0 Å². The molecular weight excluding hydrogens is 345 g/mol. The van der Waals surface area contributed by atoms with E-state index >= 15 is 0 Å². The standard InChI is InChI=1S/C11H15F3N2O4S2/c1-21(17,18)15-7-8-16(22(2,19)20)10-5-3-9(4-6-10)11(12,13)14/h3-6,15H,7-8H2,1-2H3. The lowest BCUT2D eigenvalue weighted by Crippen LogP contribution is -2.37. The van der Waals surface area contributed by atoms with E-state index in [2.05, 4.69) is 4.72 Å². The third-order valence-corrected chi connectivity index (χ3v) is 4.48. The van der Waals surface area contributed by atoms with E-state index in [-0.39, 0.29) is 18.8 Å². The summed E-state index contributed by atoms with van der Waals surface area (Å²) in [6.07, 6.45) is -2.73. The lowest BCUT2D eigenvalue weighted by Gasteiger charge is -2.22. The zero-order chi connectivity index (χ0) is 17.2. The second kappa shape index (κ2) is 6.42. The molecule has 1 N–H and O–H groups in total. The molecule has 0 atom stereocenters. The number of hydrogen-bond acceptors (Lipinski definition) is 4. The maximum Gasteiger partial charge on any atom is 0.416 e. The Morgan fingerprint density at radius 3 is 1.91 bits per heavy atom. The van der Waals surface area contributed by atoms with Gasteiger partial charge in [0.25, 0.3) is 0 Å². The van der Waals surface area contributed by atoms with Gasteiger partial charge in [-0.05, 0) is 24.3 Å². The third-order valence-electron chi connectivity index (χ3n) is 2.56. The van der Waals surface area contributed by atoms with E-state index in [1.807, 2.05) is 0 Å². The van der Waals surface area contributed by atoms with Crippen LogP contribution >= 0.6 is 0 Å². The zero-order valence-corrected chi connectivity index (χ0v) is 13.4. The Labute approximate surface area is 127 Å². The number of benzene rings is 1. The van der Waals surface area contributed by atoms with Crippen molar-refractivity contribution in [2.24, 2.45) is 0 Å². The van der Waals surface area contributed by atoms with Crippen molar-refractivity contribution in [2.75, 3.05) is 29.9 Å². The first-order chi connectivity index (χ1) is 9.81. The highest BCUT2D eigenvalue weighted by molar-refractivity contribution is 7.92. The van der Waals surface area contributed by atoms with E-state index < -0.39 is 31.8 Å². The van der Waals surface area contributed by atoms with Gasteiger partial charge in [0.05, 0.1) is 23.8 Å². The van der Waals surface area contributed by atoms with Crippen LogP contribution in [0, 0.1) is 0 Å². The molecule has 0 saturated heterocycles. The summed E-state index contributed by atoms with van der Waals surface area (Å²) in [7, 11) is -7.26. The second-order valence-electron chi connectivity index (χ2n) is 4.55. The van der Waals surface area contributed by atoms with Crippen molar-refractivity contribution in [3.05, 3.63) is 29.8 Å². The van der Waals surface area contributed by atoms with Crippen LogP contribution in [0.15, 0.2) is 24.3 Å². The lowest BCUT2D eigenvalue weighted by atomic mass is 10.2. The normalized spacial score (nSPS) is 13.1. The van der Waals surface area contributed by atoms with E-state index in [0.29, 0.717) is 0 Å². The Bertz CT molecular complexity index is 713. The summed E-state index contributed by atoms with van der Waals surface area (Å²) in [5.74, 6) is 0. The number of anilines is 1. The Morgan fingerprint density at radius 2 is 1.55 bits per heavy atom. The van der Waals surface area contributed by atoms with Gasteiger partial charge in [0.1, 0.15) is 0 Å². The highest BCUT2D eigenvalue weighted by atomic mass is 32.2. The number of sulfonamides is 2. The molecule has 126 valence electrons. The van der Waals surface area contributed by atoms with Gasteiger partial charge < -0.3 is 0 Å². The predicted molar refractivity (Wildman–Crippen MR) is 76.5 cm³/mol. The highest BCUT2D eigenvalue weighted by Gasteiger charge is 2.30. The third kappa shape index (κ3) is 5.81. The summed E-state index contributed by atoms with van der Waals surface area (Å²) >= 11 is 0. The molecule has 11 heteroatoms. The fourth-order valence-corrected chi connectivity index (χ4v) is 3.03. The van der Waals surface area contributed by atoms with Crippen LogP contribution in [0.25, 0.3) is 0 Å². The lowest BCUT2D eigenvalue weighted by molar-refractivity contribution is -0.137. The van der Waals surface area contributed by atoms with Gasteiger partial charge in [0.2, 0.25) is 20.0 Å². The summed E-state index contributed by atoms with van der Waals surface area (Å²) in [5.41, 5.74) is -0.884. The summed E-state index contributed by atoms with van der Waals surface area (Å²) in [5, 5.41) is 0. The average molecular weight is 360 g/mol.